The predicted octanol–water partition coefficient (Wildman–Crippen LogP) is 2.85. The van der Waals surface area contributed by atoms with Gasteiger partial charge in [-0.05, 0) is 45.6 Å². The molecule has 2 N–H and O–H groups in total. The summed E-state index contributed by atoms with van der Waals surface area (Å²) < 4.78 is 5.34. The lowest BCUT2D eigenvalue weighted by molar-refractivity contribution is 0.143. The standard InChI is InChI=1S/C17H36N4O.HI/c1-4-16-10-6-8-13-21(16)14-12-20-17(18-3)19-11-7-9-15-22-5-2;/h16H,4-15H2,1-3H3,(H2,18,19,20);1H. The molecule has 0 aromatic carbocycles. The maximum absolute atomic E-state index is 5.34. The Bertz CT molecular complexity index is 302. The van der Waals surface area contributed by atoms with Gasteiger partial charge in [0.15, 0.2) is 5.96 Å². The summed E-state index contributed by atoms with van der Waals surface area (Å²) in [6, 6.07) is 0.782. The van der Waals surface area contributed by atoms with Crippen LogP contribution in [0.15, 0.2) is 4.99 Å². The summed E-state index contributed by atoms with van der Waals surface area (Å²) in [5.74, 6) is 0.918. The quantitative estimate of drug-likeness (QED) is 0.238. The van der Waals surface area contributed by atoms with Crippen molar-refractivity contribution in [1.29, 1.82) is 0 Å². The zero-order valence-electron chi connectivity index (χ0n) is 15.3. The van der Waals surface area contributed by atoms with E-state index in [1.54, 1.807) is 0 Å². The van der Waals surface area contributed by atoms with Crippen molar-refractivity contribution in [3.8, 4) is 0 Å². The third kappa shape index (κ3) is 10.4. The number of piperidine rings is 1. The number of unbranched alkanes of at least 4 members (excludes halogenated alkanes) is 1. The highest BCUT2D eigenvalue weighted by Crippen LogP contribution is 2.18. The molecule has 0 saturated carbocycles. The Morgan fingerprint density at radius 3 is 2.65 bits per heavy atom. The topological polar surface area (TPSA) is 48.9 Å². The molecule has 1 aliphatic rings. The fraction of sp³-hybridized carbons (Fsp3) is 0.941. The number of nitrogens with one attached hydrogen (secondary N) is 2. The van der Waals surface area contributed by atoms with Gasteiger partial charge in [-0.2, -0.15) is 0 Å². The lowest BCUT2D eigenvalue weighted by atomic mass is 10.0. The van der Waals surface area contributed by atoms with Gasteiger partial charge in [0.2, 0.25) is 0 Å². The van der Waals surface area contributed by atoms with Gasteiger partial charge in [0.1, 0.15) is 0 Å². The highest BCUT2D eigenvalue weighted by Gasteiger charge is 2.19. The number of ether oxygens (including phenoxy) is 1. The van der Waals surface area contributed by atoms with Gasteiger partial charge >= 0.3 is 0 Å². The average molecular weight is 440 g/mol. The van der Waals surface area contributed by atoms with Crippen molar-refractivity contribution in [1.82, 2.24) is 15.5 Å². The van der Waals surface area contributed by atoms with Crippen LogP contribution in [0.2, 0.25) is 0 Å². The highest BCUT2D eigenvalue weighted by molar-refractivity contribution is 14.0. The molecule has 0 bridgehead atoms. The van der Waals surface area contributed by atoms with Crippen LogP contribution in [0.1, 0.15) is 52.4 Å². The molecule has 0 aliphatic carbocycles. The van der Waals surface area contributed by atoms with Gasteiger partial charge in [-0.3, -0.25) is 9.89 Å². The molecule has 0 amide bonds. The van der Waals surface area contributed by atoms with E-state index in [4.69, 9.17) is 4.74 Å². The van der Waals surface area contributed by atoms with Crippen LogP contribution in [0.5, 0.6) is 0 Å². The maximum Gasteiger partial charge on any atom is 0.191 e. The normalized spacial score (nSPS) is 19.3. The van der Waals surface area contributed by atoms with Gasteiger partial charge in [-0.15, -0.1) is 24.0 Å². The maximum atomic E-state index is 5.34. The fourth-order valence-electron chi connectivity index (χ4n) is 3.04. The minimum atomic E-state index is 0. The van der Waals surface area contributed by atoms with Crippen LogP contribution in [-0.2, 0) is 4.74 Å². The number of rotatable bonds is 10. The molecule has 6 heteroatoms. The number of guanidine groups is 1. The number of likely N-dealkylation sites (tertiary alicyclic amines) is 1. The molecule has 1 saturated heterocycles. The van der Waals surface area contributed by atoms with Crippen molar-refractivity contribution in [2.75, 3.05) is 46.4 Å². The summed E-state index contributed by atoms with van der Waals surface area (Å²) in [6.45, 7) is 10.3. The van der Waals surface area contributed by atoms with E-state index in [1.165, 1.54) is 32.2 Å². The van der Waals surface area contributed by atoms with Crippen molar-refractivity contribution < 1.29 is 4.74 Å². The first kappa shape index (κ1) is 22.9. The van der Waals surface area contributed by atoms with Crippen LogP contribution in [0, 0.1) is 0 Å². The third-order valence-electron chi connectivity index (χ3n) is 4.35. The van der Waals surface area contributed by atoms with Gasteiger partial charge in [-0.1, -0.05) is 13.3 Å². The SMILES string of the molecule is CCOCCCCNC(=NC)NCCN1CCCCC1CC.I. The van der Waals surface area contributed by atoms with Crippen molar-refractivity contribution in [2.45, 2.75) is 58.4 Å². The average Bonchev–Trinajstić information content (AvgIpc) is 2.56. The van der Waals surface area contributed by atoms with E-state index in [0.717, 1.165) is 57.7 Å². The monoisotopic (exact) mass is 440 g/mol. The summed E-state index contributed by atoms with van der Waals surface area (Å²) in [5, 5.41) is 6.80. The molecule has 0 aromatic rings. The molecular weight excluding hydrogens is 403 g/mol. The van der Waals surface area contributed by atoms with E-state index >= 15 is 0 Å². The summed E-state index contributed by atoms with van der Waals surface area (Å²) in [7, 11) is 1.84. The lowest BCUT2D eigenvalue weighted by Gasteiger charge is -2.35. The molecule has 1 rings (SSSR count). The Hall–Kier alpha value is -0.0800. The Morgan fingerprint density at radius 1 is 1.17 bits per heavy atom. The number of hydrogen-bond acceptors (Lipinski definition) is 3. The minimum absolute atomic E-state index is 0. The number of nitrogens with zero attached hydrogens (tertiary/aromatic N) is 2. The van der Waals surface area contributed by atoms with Crippen LogP contribution in [0.25, 0.3) is 0 Å². The lowest BCUT2D eigenvalue weighted by Crippen LogP contribution is -2.46. The Labute approximate surface area is 160 Å². The third-order valence-corrected chi connectivity index (χ3v) is 4.35. The van der Waals surface area contributed by atoms with E-state index < -0.39 is 0 Å². The molecule has 23 heavy (non-hydrogen) atoms. The van der Waals surface area contributed by atoms with Gasteiger partial charge in [0, 0.05) is 45.9 Å². The molecule has 0 aromatic heterocycles. The first-order valence-electron chi connectivity index (χ1n) is 9.08. The molecule has 138 valence electrons. The van der Waals surface area contributed by atoms with E-state index in [-0.39, 0.29) is 24.0 Å². The predicted molar refractivity (Wildman–Crippen MR) is 110 cm³/mol. The summed E-state index contributed by atoms with van der Waals surface area (Å²) in [6.07, 6.45) is 7.60. The highest BCUT2D eigenvalue weighted by atomic mass is 127. The molecule has 1 unspecified atom stereocenters. The number of halogens is 1. The van der Waals surface area contributed by atoms with Gasteiger partial charge in [-0.25, -0.2) is 0 Å². The smallest absolute Gasteiger partial charge is 0.191 e. The van der Waals surface area contributed by atoms with Gasteiger partial charge in [0.25, 0.3) is 0 Å². The summed E-state index contributed by atoms with van der Waals surface area (Å²) >= 11 is 0. The van der Waals surface area contributed by atoms with Crippen molar-refractivity contribution >= 4 is 29.9 Å². The van der Waals surface area contributed by atoms with E-state index in [2.05, 4.69) is 27.4 Å². The second-order valence-electron chi connectivity index (χ2n) is 5.92. The first-order chi connectivity index (χ1) is 10.8. The Kier molecular flexibility index (Phi) is 15.4. The molecule has 1 fully saturated rings. The van der Waals surface area contributed by atoms with Crippen LogP contribution in [-0.4, -0.2) is 63.3 Å². The Balaban J connectivity index is 0.00000484. The zero-order chi connectivity index (χ0) is 16.0. The van der Waals surface area contributed by atoms with E-state index in [0.29, 0.717) is 0 Å². The van der Waals surface area contributed by atoms with Crippen molar-refractivity contribution in [2.24, 2.45) is 4.99 Å². The molecule has 1 atom stereocenters. The van der Waals surface area contributed by atoms with Crippen molar-refractivity contribution in [3.05, 3.63) is 0 Å². The molecular formula is C17H37IN4O. The Morgan fingerprint density at radius 2 is 1.96 bits per heavy atom. The van der Waals surface area contributed by atoms with Crippen LogP contribution in [0.4, 0.5) is 0 Å². The number of hydrogen-bond donors (Lipinski definition) is 2. The van der Waals surface area contributed by atoms with Crippen LogP contribution in [0.3, 0.4) is 0 Å². The van der Waals surface area contributed by atoms with E-state index in [1.807, 2.05) is 14.0 Å². The van der Waals surface area contributed by atoms with Gasteiger partial charge in [0.05, 0.1) is 0 Å². The molecule has 5 nitrogen and oxygen atoms in total. The second-order valence-corrected chi connectivity index (χ2v) is 5.92. The fourth-order valence-corrected chi connectivity index (χ4v) is 3.04. The summed E-state index contributed by atoms with van der Waals surface area (Å²) in [5.41, 5.74) is 0. The zero-order valence-corrected chi connectivity index (χ0v) is 17.6. The van der Waals surface area contributed by atoms with Gasteiger partial charge < -0.3 is 15.4 Å². The molecule has 0 radical (unpaired) electrons. The molecule has 0 spiro atoms. The molecule has 1 heterocycles. The van der Waals surface area contributed by atoms with E-state index in [9.17, 15) is 0 Å². The summed E-state index contributed by atoms with van der Waals surface area (Å²) in [4.78, 5) is 6.92. The largest absolute Gasteiger partial charge is 0.382 e. The number of aliphatic imine (C=N–C) groups is 1. The minimum Gasteiger partial charge on any atom is -0.382 e. The van der Waals surface area contributed by atoms with Crippen LogP contribution >= 0.6 is 24.0 Å². The molecule has 1 aliphatic heterocycles. The first-order valence-corrected chi connectivity index (χ1v) is 9.08. The second kappa shape index (κ2) is 15.4. The van der Waals surface area contributed by atoms with Crippen molar-refractivity contribution in [3.63, 3.8) is 0 Å². The van der Waals surface area contributed by atoms with Crippen LogP contribution < -0.4 is 10.6 Å².